The minimum Gasteiger partial charge on any atom is -0.394 e. The van der Waals surface area contributed by atoms with E-state index in [0.717, 1.165) is 12.1 Å². The lowest BCUT2D eigenvalue weighted by Crippen LogP contribution is -2.46. The van der Waals surface area contributed by atoms with E-state index in [1.165, 1.54) is 13.8 Å². The van der Waals surface area contributed by atoms with Gasteiger partial charge in [-0.25, -0.2) is 21.9 Å². The van der Waals surface area contributed by atoms with Crippen LogP contribution in [0.5, 0.6) is 0 Å². The highest BCUT2D eigenvalue weighted by molar-refractivity contribution is 7.89. The maximum Gasteiger partial charge on any atom is 0.241 e. The van der Waals surface area contributed by atoms with Gasteiger partial charge >= 0.3 is 0 Å². The Morgan fingerprint density at radius 1 is 1.29 bits per heavy atom. The molecule has 1 aromatic rings. The second kappa shape index (κ2) is 4.67. The predicted octanol–water partition coefficient (Wildman–Crippen LogP) is 1.01. The fourth-order valence-corrected chi connectivity index (χ4v) is 2.51. The fraction of sp³-hybridized carbons (Fsp3) is 0.400. The lowest BCUT2D eigenvalue weighted by Gasteiger charge is -2.23. The Kier molecular flexibility index (Phi) is 3.85. The Balaban J connectivity index is 3.10. The van der Waals surface area contributed by atoms with Crippen molar-refractivity contribution in [3.8, 4) is 0 Å². The number of benzene rings is 1. The molecule has 0 heterocycles. The van der Waals surface area contributed by atoms with Crippen molar-refractivity contribution in [3.05, 3.63) is 29.8 Å². The largest absolute Gasteiger partial charge is 0.394 e. The molecule has 0 aliphatic heterocycles. The van der Waals surface area contributed by atoms with Crippen LogP contribution in [0.2, 0.25) is 0 Å². The third kappa shape index (κ3) is 3.45. The van der Waals surface area contributed by atoms with Gasteiger partial charge in [0.15, 0.2) is 11.6 Å². The summed E-state index contributed by atoms with van der Waals surface area (Å²) in [5.74, 6) is -2.36. The number of rotatable bonds is 4. The standard InChI is InChI=1S/C10H13F2NO3S/c1-10(2,6-14)13-17(15,16)7-3-4-8(11)9(12)5-7/h3-5,13-14H,6H2,1-2H3. The third-order valence-corrected chi connectivity index (χ3v) is 3.70. The van der Waals surface area contributed by atoms with Crippen LogP contribution >= 0.6 is 0 Å². The molecule has 7 heteroatoms. The van der Waals surface area contributed by atoms with Crippen LogP contribution in [0.15, 0.2) is 23.1 Å². The van der Waals surface area contributed by atoms with Crippen LogP contribution in [-0.2, 0) is 10.0 Å². The molecule has 0 unspecified atom stereocenters. The highest BCUT2D eigenvalue weighted by Crippen LogP contribution is 2.15. The number of aliphatic hydroxyl groups excluding tert-OH is 1. The zero-order chi connectivity index (χ0) is 13.3. The van der Waals surface area contributed by atoms with Crippen LogP contribution in [0, 0.1) is 11.6 Å². The molecular formula is C10H13F2NO3S. The van der Waals surface area contributed by atoms with Gasteiger partial charge < -0.3 is 5.11 Å². The summed E-state index contributed by atoms with van der Waals surface area (Å²) in [6, 6.07) is 2.27. The van der Waals surface area contributed by atoms with Gasteiger partial charge in [0.05, 0.1) is 17.0 Å². The van der Waals surface area contributed by atoms with Gasteiger partial charge in [-0.15, -0.1) is 0 Å². The molecule has 0 aromatic heterocycles. The Morgan fingerprint density at radius 2 is 1.88 bits per heavy atom. The average Bonchev–Trinajstić information content (AvgIpc) is 2.20. The van der Waals surface area contributed by atoms with Crippen LogP contribution in [0.25, 0.3) is 0 Å². The molecule has 0 aliphatic rings. The summed E-state index contributed by atoms with van der Waals surface area (Å²) in [6.07, 6.45) is 0. The van der Waals surface area contributed by atoms with Crippen LogP contribution < -0.4 is 4.72 Å². The van der Waals surface area contributed by atoms with Crippen molar-refractivity contribution in [2.75, 3.05) is 6.61 Å². The lowest BCUT2D eigenvalue weighted by atomic mass is 10.1. The molecular weight excluding hydrogens is 252 g/mol. The van der Waals surface area contributed by atoms with Gasteiger partial charge in [-0.3, -0.25) is 0 Å². The van der Waals surface area contributed by atoms with Gasteiger partial charge in [0, 0.05) is 0 Å². The van der Waals surface area contributed by atoms with E-state index in [1.54, 1.807) is 0 Å². The van der Waals surface area contributed by atoms with E-state index < -0.39 is 38.7 Å². The molecule has 0 spiro atoms. The number of aliphatic hydroxyl groups is 1. The second-order valence-electron chi connectivity index (χ2n) is 4.22. The van der Waals surface area contributed by atoms with Gasteiger partial charge in [0.25, 0.3) is 0 Å². The summed E-state index contributed by atoms with van der Waals surface area (Å²) < 4.78 is 51.3. The number of sulfonamides is 1. The van der Waals surface area contributed by atoms with Crippen LogP contribution in [0.4, 0.5) is 8.78 Å². The molecule has 1 rings (SSSR count). The van der Waals surface area contributed by atoms with Gasteiger partial charge in [-0.05, 0) is 32.0 Å². The van der Waals surface area contributed by atoms with Crippen LogP contribution in [0.1, 0.15) is 13.8 Å². The molecule has 17 heavy (non-hydrogen) atoms. The molecule has 2 N–H and O–H groups in total. The van der Waals surface area contributed by atoms with E-state index in [1.807, 2.05) is 0 Å². The van der Waals surface area contributed by atoms with Gasteiger partial charge in [-0.2, -0.15) is 0 Å². The Morgan fingerprint density at radius 3 is 2.35 bits per heavy atom. The molecule has 0 bridgehead atoms. The summed E-state index contributed by atoms with van der Waals surface area (Å²) >= 11 is 0. The average molecular weight is 265 g/mol. The quantitative estimate of drug-likeness (QED) is 0.854. The summed E-state index contributed by atoms with van der Waals surface area (Å²) in [4.78, 5) is -0.391. The van der Waals surface area contributed by atoms with Crippen molar-refractivity contribution in [3.63, 3.8) is 0 Å². The molecule has 0 radical (unpaired) electrons. The first-order chi connectivity index (χ1) is 7.68. The van der Waals surface area contributed by atoms with E-state index in [4.69, 9.17) is 5.11 Å². The monoisotopic (exact) mass is 265 g/mol. The van der Waals surface area contributed by atoms with Gasteiger partial charge in [0.1, 0.15) is 0 Å². The van der Waals surface area contributed by atoms with Crippen molar-refractivity contribution >= 4 is 10.0 Å². The Hall–Kier alpha value is -1.05. The zero-order valence-corrected chi connectivity index (χ0v) is 10.2. The highest BCUT2D eigenvalue weighted by Gasteiger charge is 2.26. The first-order valence-electron chi connectivity index (χ1n) is 4.78. The highest BCUT2D eigenvalue weighted by atomic mass is 32.2. The van der Waals surface area contributed by atoms with Gasteiger partial charge in [0.2, 0.25) is 10.0 Å². The number of hydrogen-bond acceptors (Lipinski definition) is 3. The molecule has 0 aliphatic carbocycles. The van der Waals surface area contributed by atoms with E-state index in [-0.39, 0.29) is 0 Å². The zero-order valence-electron chi connectivity index (χ0n) is 9.37. The summed E-state index contributed by atoms with van der Waals surface area (Å²) in [5.41, 5.74) is -1.08. The number of halogens is 2. The van der Waals surface area contributed by atoms with Crippen molar-refractivity contribution in [2.45, 2.75) is 24.3 Å². The third-order valence-electron chi connectivity index (χ3n) is 2.01. The maximum absolute atomic E-state index is 12.9. The molecule has 4 nitrogen and oxygen atoms in total. The molecule has 0 amide bonds. The molecule has 0 saturated heterocycles. The van der Waals surface area contributed by atoms with Crippen molar-refractivity contribution < 1.29 is 22.3 Å². The number of hydrogen-bond donors (Lipinski definition) is 2. The predicted molar refractivity (Wildman–Crippen MR) is 57.8 cm³/mol. The molecule has 96 valence electrons. The normalized spacial score (nSPS) is 12.8. The maximum atomic E-state index is 12.9. The van der Waals surface area contributed by atoms with Crippen LogP contribution in [-0.4, -0.2) is 25.7 Å². The van der Waals surface area contributed by atoms with Crippen molar-refractivity contribution in [1.29, 1.82) is 0 Å². The van der Waals surface area contributed by atoms with E-state index >= 15 is 0 Å². The Labute approximate surface area is 98.3 Å². The molecule has 0 saturated carbocycles. The second-order valence-corrected chi connectivity index (χ2v) is 5.91. The first-order valence-corrected chi connectivity index (χ1v) is 6.26. The van der Waals surface area contributed by atoms with Crippen LogP contribution in [0.3, 0.4) is 0 Å². The summed E-state index contributed by atoms with van der Waals surface area (Å²) in [7, 11) is -3.99. The smallest absolute Gasteiger partial charge is 0.241 e. The first kappa shape index (κ1) is 14.0. The summed E-state index contributed by atoms with van der Waals surface area (Å²) in [5, 5.41) is 8.94. The van der Waals surface area contributed by atoms with E-state index in [2.05, 4.69) is 4.72 Å². The fourth-order valence-electron chi connectivity index (χ4n) is 1.10. The summed E-state index contributed by atoms with van der Waals surface area (Å²) in [6.45, 7) is 2.50. The lowest BCUT2D eigenvalue weighted by molar-refractivity contribution is 0.208. The van der Waals surface area contributed by atoms with E-state index in [9.17, 15) is 17.2 Å². The SMILES string of the molecule is CC(C)(CO)NS(=O)(=O)c1ccc(F)c(F)c1. The minimum atomic E-state index is -3.99. The molecule has 0 fully saturated rings. The van der Waals surface area contributed by atoms with Crippen molar-refractivity contribution in [1.82, 2.24) is 4.72 Å². The topological polar surface area (TPSA) is 66.4 Å². The number of nitrogens with one attached hydrogen (secondary N) is 1. The molecule has 0 atom stereocenters. The van der Waals surface area contributed by atoms with Crippen molar-refractivity contribution in [2.24, 2.45) is 0 Å². The minimum absolute atomic E-state index is 0.391. The Bertz CT molecular complexity index is 514. The van der Waals surface area contributed by atoms with Gasteiger partial charge in [-0.1, -0.05) is 0 Å². The van der Waals surface area contributed by atoms with E-state index in [0.29, 0.717) is 6.07 Å². The molecule has 1 aromatic carbocycles.